The lowest BCUT2D eigenvalue weighted by molar-refractivity contribution is -0.137. The van der Waals surface area contributed by atoms with E-state index in [9.17, 15) is 13.2 Å². The highest BCUT2D eigenvalue weighted by atomic mass is 19.4. The van der Waals surface area contributed by atoms with Crippen molar-refractivity contribution in [3.8, 4) is 0 Å². The summed E-state index contributed by atoms with van der Waals surface area (Å²) >= 11 is 0. The van der Waals surface area contributed by atoms with Crippen LogP contribution in [0.4, 0.5) is 18.9 Å². The monoisotopic (exact) mass is 247 g/mol. The molecule has 1 unspecified atom stereocenters. The smallest absolute Gasteiger partial charge is 0.396 e. The zero-order valence-electron chi connectivity index (χ0n) is 9.59. The molecule has 5 heteroatoms. The van der Waals surface area contributed by atoms with E-state index in [2.05, 4.69) is 5.32 Å². The molecule has 0 aromatic heterocycles. The maximum atomic E-state index is 12.3. The van der Waals surface area contributed by atoms with Gasteiger partial charge in [-0.1, -0.05) is 6.92 Å². The van der Waals surface area contributed by atoms with Gasteiger partial charge in [0.25, 0.3) is 0 Å². The van der Waals surface area contributed by atoms with Crippen LogP contribution >= 0.6 is 0 Å². The Kier molecular flexibility index (Phi) is 4.81. The van der Waals surface area contributed by atoms with Crippen molar-refractivity contribution < 1.29 is 18.3 Å². The Morgan fingerprint density at radius 3 is 2.24 bits per heavy atom. The van der Waals surface area contributed by atoms with Gasteiger partial charge in [-0.15, -0.1) is 0 Å². The normalized spacial score (nSPS) is 13.5. The lowest BCUT2D eigenvalue weighted by Gasteiger charge is -2.14. The zero-order valence-corrected chi connectivity index (χ0v) is 9.59. The van der Waals surface area contributed by atoms with E-state index in [1.807, 2.05) is 6.92 Å². The van der Waals surface area contributed by atoms with Crippen molar-refractivity contribution >= 4 is 5.69 Å². The number of nitrogens with one attached hydrogen (secondary N) is 1. The summed E-state index contributed by atoms with van der Waals surface area (Å²) in [5.41, 5.74) is -0.0258. The Bertz CT molecular complexity index is 331. The third-order valence-corrected chi connectivity index (χ3v) is 2.64. The van der Waals surface area contributed by atoms with Crippen molar-refractivity contribution in [1.29, 1.82) is 0 Å². The van der Waals surface area contributed by atoms with Crippen LogP contribution in [0.1, 0.15) is 18.9 Å². The van der Waals surface area contributed by atoms with E-state index in [0.29, 0.717) is 12.2 Å². The van der Waals surface area contributed by atoms with Gasteiger partial charge in [-0.25, -0.2) is 0 Å². The number of benzene rings is 1. The fourth-order valence-corrected chi connectivity index (χ4v) is 1.38. The molecule has 17 heavy (non-hydrogen) atoms. The Morgan fingerprint density at radius 1 is 1.24 bits per heavy atom. The number of hydrogen-bond acceptors (Lipinski definition) is 2. The van der Waals surface area contributed by atoms with Gasteiger partial charge < -0.3 is 10.4 Å². The SMILES string of the molecule is CCC(CO)CNc1ccc(C(F)(F)F)cc1. The van der Waals surface area contributed by atoms with Gasteiger partial charge in [0.05, 0.1) is 5.56 Å². The van der Waals surface area contributed by atoms with E-state index in [1.54, 1.807) is 0 Å². The molecule has 2 N–H and O–H groups in total. The average molecular weight is 247 g/mol. The van der Waals surface area contributed by atoms with Gasteiger partial charge in [0, 0.05) is 18.8 Å². The summed E-state index contributed by atoms with van der Waals surface area (Å²) in [6, 6.07) is 4.88. The van der Waals surface area contributed by atoms with Crippen molar-refractivity contribution in [1.82, 2.24) is 0 Å². The lowest BCUT2D eigenvalue weighted by Crippen LogP contribution is -2.17. The van der Waals surface area contributed by atoms with E-state index in [-0.39, 0.29) is 12.5 Å². The number of hydrogen-bond donors (Lipinski definition) is 2. The van der Waals surface area contributed by atoms with E-state index in [0.717, 1.165) is 18.6 Å². The number of aliphatic hydroxyl groups is 1. The Balaban J connectivity index is 2.57. The molecular weight excluding hydrogens is 231 g/mol. The molecule has 1 aromatic carbocycles. The molecule has 0 aliphatic rings. The number of halogens is 3. The van der Waals surface area contributed by atoms with E-state index in [1.165, 1.54) is 12.1 Å². The first-order valence-corrected chi connectivity index (χ1v) is 5.49. The third-order valence-electron chi connectivity index (χ3n) is 2.64. The molecule has 0 radical (unpaired) electrons. The predicted octanol–water partition coefficient (Wildman–Crippen LogP) is 3.14. The topological polar surface area (TPSA) is 32.3 Å². The molecule has 1 aromatic rings. The van der Waals surface area contributed by atoms with Crippen LogP contribution in [0.25, 0.3) is 0 Å². The Labute approximate surface area is 98.5 Å². The fourth-order valence-electron chi connectivity index (χ4n) is 1.38. The van der Waals surface area contributed by atoms with Crippen LogP contribution in [0.2, 0.25) is 0 Å². The first-order valence-electron chi connectivity index (χ1n) is 5.49. The third kappa shape index (κ3) is 4.26. The molecule has 0 bridgehead atoms. The molecule has 0 saturated heterocycles. The number of aliphatic hydroxyl groups excluding tert-OH is 1. The van der Waals surface area contributed by atoms with Crippen molar-refractivity contribution in [2.45, 2.75) is 19.5 Å². The summed E-state index contributed by atoms with van der Waals surface area (Å²) in [6.07, 6.45) is -3.47. The minimum Gasteiger partial charge on any atom is -0.396 e. The average Bonchev–Trinajstić information content (AvgIpc) is 2.30. The summed E-state index contributed by atoms with van der Waals surface area (Å²) in [5.74, 6) is 0.122. The minimum absolute atomic E-state index is 0.0735. The Morgan fingerprint density at radius 2 is 1.82 bits per heavy atom. The van der Waals surface area contributed by atoms with Crippen LogP contribution < -0.4 is 5.32 Å². The van der Waals surface area contributed by atoms with Crippen LogP contribution in [-0.4, -0.2) is 18.3 Å². The highest BCUT2D eigenvalue weighted by Crippen LogP contribution is 2.29. The molecule has 0 spiro atoms. The van der Waals surface area contributed by atoms with Crippen LogP contribution in [-0.2, 0) is 6.18 Å². The fraction of sp³-hybridized carbons (Fsp3) is 0.500. The Hall–Kier alpha value is -1.23. The number of alkyl halides is 3. The number of rotatable bonds is 5. The van der Waals surface area contributed by atoms with Gasteiger partial charge in [0.15, 0.2) is 0 Å². The van der Waals surface area contributed by atoms with Crippen LogP contribution in [0.5, 0.6) is 0 Å². The molecule has 0 fully saturated rings. The van der Waals surface area contributed by atoms with Gasteiger partial charge >= 0.3 is 6.18 Å². The second-order valence-electron chi connectivity index (χ2n) is 3.91. The maximum absolute atomic E-state index is 12.3. The lowest BCUT2D eigenvalue weighted by atomic mass is 10.1. The molecule has 0 heterocycles. The van der Waals surface area contributed by atoms with Gasteiger partial charge in [-0.3, -0.25) is 0 Å². The summed E-state index contributed by atoms with van der Waals surface area (Å²) in [7, 11) is 0. The highest BCUT2D eigenvalue weighted by molar-refractivity contribution is 5.45. The van der Waals surface area contributed by atoms with Crippen LogP contribution in [0.3, 0.4) is 0 Å². The maximum Gasteiger partial charge on any atom is 0.416 e. The summed E-state index contributed by atoms with van der Waals surface area (Å²) in [6.45, 7) is 2.58. The van der Waals surface area contributed by atoms with Gasteiger partial charge in [0.1, 0.15) is 0 Å². The van der Waals surface area contributed by atoms with E-state index < -0.39 is 11.7 Å². The molecule has 1 rings (SSSR count). The van der Waals surface area contributed by atoms with Crippen LogP contribution in [0.15, 0.2) is 24.3 Å². The largest absolute Gasteiger partial charge is 0.416 e. The van der Waals surface area contributed by atoms with Gasteiger partial charge in [-0.2, -0.15) is 13.2 Å². The van der Waals surface area contributed by atoms with Gasteiger partial charge in [-0.05, 0) is 36.6 Å². The first kappa shape index (κ1) is 13.8. The molecular formula is C12H16F3NO. The molecule has 0 saturated carbocycles. The zero-order chi connectivity index (χ0) is 12.9. The van der Waals surface area contributed by atoms with E-state index in [4.69, 9.17) is 5.11 Å². The summed E-state index contributed by atoms with van der Waals surface area (Å²) < 4.78 is 36.9. The first-order chi connectivity index (χ1) is 7.97. The second kappa shape index (κ2) is 5.91. The summed E-state index contributed by atoms with van der Waals surface area (Å²) in [4.78, 5) is 0. The minimum atomic E-state index is -4.30. The predicted molar refractivity (Wildman–Crippen MR) is 60.8 cm³/mol. The molecule has 96 valence electrons. The quantitative estimate of drug-likeness (QED) is 0.837. The van der Waals surface area contributed by atoms with Crippen molar-refractivity contribution in [3.05, 3.63) is 29.8 Å². The second-order valence-corrected chi connectivity index (χ2v) is 3.91. The van der Waals surface area contributed by atoms with E-state index >= 15 is 0 Å². The number of anilines is 1. The standard InChI is InChI=1S/C12H16F3NO/c1-2-9(8-17)7-16-11-5-3-10(4-6-11)12(13,14)15/h3-6,9,16-17H,2,7-8H2,1H3. The molecule has 2 nitrogen and oxygen atoms in total. The molecule has 0 amide bonds. The molecule has 0 aliphatic carbocycles. The van der Waals surface area contributed by atoms with Crippen LogP contribution in [0, 0.1) is 5.92 Å². The van der Waals surface area contributed by atoms with Crippen molar-refractivity contribution in [3.63, 3.8) is 0 Å². The molecule has 0 aliphatic heterocycles. The van der Waals surface area contributed by atoms with Crippen molar-refractivity contribution in [2.75, 3.05) is 18.5 Å². The summed E-state index contributed by atoms with van der Waals surface area (Å²) in [5, 5.41) is 12.0. The van der Waals surface area contributed by atoms with Crippen molar-refractivity contribution in [2.24, 2.45) is 5.92 Å². The van der Waals surface area contributed by atoms with Gasteiger partial charge in [0.2, 0.25) is 0 Å². The molecule has 1 atom stereocenters. The highest BCUT2D eigenvalue weighted by Gasteiger charge is 2.29.